The van der Waals surface area contributed by atoms with E-state index in [1.807, 2.05) is 0 Å². The van der Waals surface area contributed by atoms with Crippen LogP contribution in [0.25, 0.3) is 0 Å². The molecule has 2 heterocycles. The lowest BCUT2D eigenvalue weighted by molar-refractivity contribution is -0.140. The predicted octanol–water partition coefficient (Wildman–Crippen LogP) is 2.70. The van der Waals surface area contributed by atoms with Gasteiger partial charge in [0.1, 0.15) is 0 Å². The van der Waals surface area contributed by atoms with Crippen LogP contribution in [0.4, 0.5) is 0 Å². The number of carbonyl (C=O) groups excluding carboxylic acids is 1. The van der Waals surface area contributed by atoms with E-state index in [4.69, 9.17) is 0 Å². The van der Waals surface area contributed by atoms with Crippen molar-refractivity contribution in [3.63, 3.8) is 0 Å². The second kappa shape index (κ2) is 5.08. The molecule has 108 valence electrons. The molecular weight excluding hydrogens is 236 g/mol. The predicted molar refractivity (Wildman–Crippen MR) is 77.0 cm³/mol. The van der Waals surface area contributed by atoms with E-state index < -0.39 is 0 Å². The Morgan fingerprint density at radius 2 is 1.63 bits per heavy atom. The highest BCUT2D eigenvalue weighted by molar-refractivity contribution is 5.86. The van der Waals surface area contributed by atoms with Gasteiger partial charge in [0.05, 0.1) is 5.54 Å². The van der Waals surface area contributed by atoms with E-state index in [2.05, 4.69) is 17.1 Å². The number of piperidine rings is 1. The largest absolute Gasteiger partial charge is 0.341 e. The molecule has 3 nitrogen and oxygen atoms in total. The molecule has 1 aliphatic carbocycles. The van der Waals surface area contributed by atoms with Crippen LogP contribution in [0, 0.1) is 5.41 Å². The molecule has 3 heteroatoms. The molecule has 3 fully saturated rings. The molecule has 3 rings (SSSR count). The Kier molecular flexibility index (Phi) is 3.59. The molecule has 1 spiro atoms. The van der Waals surface area contributed by atoms with Crippen molar-refractivity contribution in [2.24, 2.45) is 5.41 Å². The van der Waals surface area contributed by atoms with Crippen molar-refractivity contribution in [3.8, 4) is 0 Å². The number of hydrogen-bond donors (Lipinski definition) is 1. The molecule has 19 heavy (non-hydrogen) atoms. The third kappa shape index (κ3) is 2.54. The fourth-order valence-corrected chi connectivity index (χ4v) is 4.41. The molecule has 0 aromatic heterocycles. The summed E-state index contributed by atoms with van der Waals surface area (Å²) in [5, 5.41) is 3.41. The van der Waals surface area contributed by atoms with Gasteiger partial charge in [0.2, 0.25) is 5.91 Å². The fraction of sp³-hybridized carbons (Fsp3) is 0.938. The minimum absolute atomic E-state index is 0.267. The molecule has 0 aromatic carbocycles. The molecule has 0 bridgehead atoms. The molecule has 3 aliphatic rings. The molecule has 0 aromatic rings. The fourth-order valence-electron chi connectivity index (χ4n) is 4.41. The Morgan fingerprint density at radius 3 is 2.21 bits per heavy atom. The van der Waals surface area contributed by atoms with Gasteiger partial charge in [0, 0.05) is 13.1 Å². The third-order valence-corrected chi connectivity index (χ3v) is 5.87. The average molecular weight is 264 g/mol. The van der Waals surface area contributed by atoms with Crippen molar-refractivity contribution in [1.29, 1.82) is 0 Å². The van der Waals surface area contributed by atoms with Crippen molar-refractivity contribution in [2.45, 2.75) is 70.3 Å². The molecule has 1 saturated carbocycles. The molecule has 0 radical (unpaired) electrons. The van der Waals surface area contributed by atoms with Crippen molar-refractivity contribution < 1.29 is 4.79 Å². The smallest absolute Gasteiger partial charge is 0.242 e. The minimum atomic E-state index is -0.267. The molecule has 1 amide bonds. The summed E-state index contributed by atoms with van der Waals surface area (Å²) in [7, 11) is 0. The standard InChI is InChI=1S/C16H28N2O/c1-15(6-5-11-17-15)14(19)18-12-9-16(10-13-18)7-3-2-4-8-16/h17H,2-13H2,1H3. The SMILES string of the molecule is CC1(C(=O)N2CCC3(CCCCC3)CC2)CCCN1. The number of nitrogens with zero attached hydrogens (tertiary/aromatic N) is 1. The zero-order chi connectivity index (χ0) is 13.3. The lowest BCUT2D eigenvalue weighted by atomic mass is 9.68. The Labute approximate surface area is 117 Å². The van der Waals surface area contributed by atoms with Crippen LogP contribution in [0.3, 0.4) is 0 Å². The van der Waals surface area contributed by atoms with Crippen LogP contribution in [-0.4, -0.2) is 36.0 Å². The van der Waals surface area contributed by atoms with Gasteiger partial charge in [-0.25, -0.2) is 0 Å². The van der Waals surface area contributed by atoms with E-state index in [0.717, 1.165) is 32.5 Å². The number of carbonyl (C=O) groups is 1. The lowest BCUT2D eigenvalue weighted by Gasteiger charge is -2.45. The van der Waals surface area contributed by atoms with E-state index >= 15 is 0 Å². The van der Waals surface area contributed by atoms with Crippen molar-refractivity contribution >= 4 is 5.91 Å². The van der Waals surface area contributed by atoms with Gasteiger partial charge in [-0.1, -0.05) is 19.3 Å². The Bertz CT molecular complexity index is 331. The van der Waals surface area contributed by atoms with Crippen LogP contribution in [0.2, 0.25) is 0 Å². The van der Waals surface area contributed by atoms with Gasteiger partial charge in [-0.3, -0.25) is 4.79 Å². The van der Waals surface area contributed by atoms with Crippen LogP contribution in [0.1, 0.15) is 64.7 Å². The molecule has 1 unspecified atom stereocenters. The second-order valence-electron chi connectivity index (χ2n) is 7.22. The van der Waals surface area contributed by atoms with E-state index in [-0.39, 0.29) is 5.54 Å². The molecule has 2 saturated heterocycles. The average Bonchev–Trinajstić information content (AvgIpc) is 2.88. The summed E-state index contributed by atoms with van der Waals surface area (Å²) in [5.74, 6) is 0.357. The maximum Gasteiger partial charge on any atom is 0.242 e. The number of likely N-dealkylation sites (tertiary alicyclic amines) is 1. The molecular formula is C16H28N2O. The van der Waals surface area contributed by atoms with Crippen LogP contribution < -0.4 is 5.32 Å². The van der Waals surface area contributed by atoms with Crippen LogP contribution in [-0.2, 0) is 4.79 Å². The Balaban J connectivity index is 1.59. The first kappa shape index (κ1) is 13.4. The van der Waals surface area contributed by atoms with Crippen molar-refractivity contribution in [3.05, 3.63) is 0 Å². The van der Waals surface area contributed by atoms with Gasteiger partial charge in [0.25, 0.3) is 0 Å². The Hall–Kier alpha value is -0.570. The monoisotopic (exact) mass is 264 g/mol. The number of amides is 1. The molecule has 2 aliphatic heterocycles. The third-order valence-electron chi connectivity index (χ3n) is 5.87. The van der Waals surface area contributed by atoms with Gasteiger partial charge in [-0.2, -0.15) is 0 Å². The topological polar surface area (TPSA) is 32.3 Å². The summed E-state index contributed by atoms with van der Waals surface area (Å²) in [6.45, 7) is 5.08. The van der Waals surface area contributed by atoms with E-state index in [1.54, 1.807) is 0 Å². The van der Waals surface area contributed by atoms with Crippen LogP contribution in [0.5, 0.6) is 0 Å². The van der Waals surface area contributed by atoms with Gasteiger partial charge in [0.15, 0.2) is 0 Å². The zero-order valence-corrected chi connectivity index (χ0v) is 12.3. The summed E-state index contributed by atoms with van der Waals surface area (Å²) in [5.41, 5.74) is 0.329. The van der Waals surface area contributed by atoms with Gasteiger partial charge >= 0.3 is 0 Å². The maximum atomic E-state index is 12.7. The second-order valence-corrected chi connectivity index (χ2v) is 7.22. The Morgan fingerprint density at radius 1 is 0.947 bits per heavy atom. The quantitative estimate of drug-likeness (QED) is 0.790. The maximum absolute atomic E-state index is 12.7. The summed E-state index contributed by atoms with van der Waals surface area (Å²) in [6, 6.07) is 0. The lowest BCUT2D eigenvalue weighted by Crippen LogP contribution is -2.55. The van der Waals surface area contributed by atoms with Crippen molar-refractivity contribution in [1.82, 2.24) is 10.2 Å². The van der Waals surface area contributed by atoms with Crippen LogP contribution in [0.15, 0.2) is 0 Å². The number of rotatable bonds is 1. The van der Waals surface area contributed by atoms with E-state index in [0.29, 0.717) is 11.3 Å². The molecule has 1 atom stereocenters. The number of hydrogen-bond acceptors (Lipinski definition) is 2. The summed E-state index contributed by atoms with van der Waals surface area (Å²) < 4.78 is 0. The van der Waals surface area contributed by atoms with E-state index in [9.17, 15) is 4.79 Å². The normalized spacial score (nSPS) is 34.7. The highest BCUT2D eigenvalue weighted by Gasteiger charge is 2.42. The first-order valence-corrected chi connectivity index (χ1v) is 8.18. The zero-order valence-electron chi connectivity index (χ0n) is 12.3. The molecule has 1 N–H and O–H groups in total. The van der Waals surface area contributed by atoms with Gasteiger partial charge in [-0.05, 0) is 57.4 Å². The number of nitrogens with one attached hydrogen (secondary N) is 1. The minimum Gasteiger partial charge on any atom is -0.341 e. The highest BCUT2D eigenvalue weighted by Crippen LogP contribution is 2.44. The van der Waals surface area contributed by atoms with Crippen LogP contribution >= 0.6 is 0 Å². The summed E-state index contributed by atoms with van der Waals surface area (Å²) >= 11 is 0. The van der Waals surface area contributed by atoms with Gasteiger partial charge < -0.3 is 10.2 Å². The van der Waals surface area contributed by atoms with Crippen molar-refractivity contribution in [2.75, 3.05) is 19.6 Å². The highest BCUT2D eigenvalue weighted by atomic mass is 16.2. The summed E-state index contributed by atoms with van der Waals surface area (Å²) in [6.07, 6.45) is 11.7. The first-order chi connectivity index (χ1) is 9.14. The van der Waals surface area contributed by atoms with Gasteiger partial charge in [-0.15, -0.1) is 0 Å². The first-order valence-electron chi connectivity index (χ1n) is 8.18. The summed E-state index contributed by atoms with van der Waals surface area (Å²) in [4.78, 5) is 14.8. The van der Waals surface area contributed by atoms with E-state index in [1.165, 1.54) is 44.9 Å².